The van der Waals surface area contributed by atoms with Gasteiger partial charge in [-0.15, -0.1) is 13.2 Å². The first-order valence-corrected chi connectivity index (χ1v) is 9.75. The average Bonchev–Trinajstić information content (AvgIpc) is 2.77. The quantitative estimate of drug-likeness (QED) is 0.402. The predicted molar refractivity (Wildman–Crippen MR) is 108 cm³/mol. The van der Waals surface area contributed by atoms with Crippen LogP contribution in [0.4, 0.5) is 17.6 Å². The molecule has 0 atom stereocenters. The summed E-state index contributed by atoms with van der Waals surface area (Å²) >= 11 is 0. The van der Waals surface area contributed by atoms with E-state index in [4.69, 9.17) is 14.0 Å². The zero-order valence-electron chi connectivity index (χ0n) is 18.4. The highest BCUT2D eigenvalue weighted by Crippen LogP contribution is 2.41. The molecular formula is C21H29BF4O4. The van der Waals surface area contributed by atoms with Crippen molar-refractivity contribution in [3.8, 4) is 5.75 Å². The molecule has 0 spiro atoms. The van der Waals surface area contributed by atoms with Crippen LogP contribution in [0.3, 0.4) is 0 Å². The van der Waals surface area contributed by atoms with Crippen LogP contribution in [0.15, 0.2) is 30.0 Å². The second-order valence-electron chi connectivity index (χ2n) is 9.20. The smallest absolute Gasteiger partial charge is 0.406 e. The van der Waals surface area contributed by atoms with Gasteiger partial charge in [-0.1, -0.05) is 12.1 Å². The normalized spacial score (nSPS) is 19.6. The van der Waals surface area contributed by atoms with Gasteiger partial charge < -0.3 is 18.8 Å². The Balaban J connectivity index is 2.34. The SMILES string of the molecule is CC(C)(C)OCCC(=C(F)B1OC(C)(C)C(C)(C)O1)c1ccc(OC(F)(F)F)cc1. The van der Waals surface area contributed by atoms with Gasteiger partial charge in [-0.3, -0.25) is 0 Å². The van der Waals surface area contributed by atoms with Gasteiger partial charge >= 0.3 is 13.5 Å². The van der Waals surface area contributed by atoms with Gasteiger partial charge in [0.15, 0.2) is 0 Å². The van der Waals surface area contributed by atoms with Crippen LogP contribution >= 0.6 is 0 Å². The van der Waals surface area contributed by atoms with E-state index >= 15 is 4.39 Å². The van der Waals surface area contributed by atoms with Crippen molar-refractivity contribution in [2.45, 2.75) is 78.1 Å². The lowest BCUT2D eigenvalue weighted by molar-refractivity contribution is -0.274. The van der Waals surface area contributed by atoms with Gasteiger partial charge in [-0.2, -0.15) is 0 Å². The number of benzene rings is 1. The second-order valence-corrected chi connectivity index (χ2v) is 9.20. The number of hydrogen-bond acceptors (Lipinski definition) is 4. The van der Waals surface area contributed by atoms with Gasteiger partial charge in [-0.05, 0) is 78.2 Å². The average molecular weight is 432 g/mol. The Kier molecular flexibility index (Phi) is 7.01. The Labute approximate surface area is 175 Å². The molecule has 4 nitrogen and oxygen atoms in total. The first-order chi connectivity index (χ1) is 13.5. The fourth-order valence-corrected chi connectivity index (χ4v) is 2.81. The number of halogens is 4. The summed E-state index contributed by atoms with van der Waals surface area (Å²) in [6, 6.07) is 5.03. The van der Waals surface area contributed by atoms with Gasteiger partial charge in [0, 0.05) is 0 Å². The molecule has 168 valence electrons. The van der Waals surface area contributed by atoms with E-state index in [9.17, 15) is 13.2 Å². The molecule has 1 aromatic carbocycles. The Morgan fingerprint density at radius 3 is 1.90 bits per heavy atom. The summed E-state index contributed by atoms with van der Waals surface area (Å²) < 4.78 is 73.9. The molecule has 1 fully saturated rings. The Morgan fingerprint density at radius 2 is 1.47 bits per heavy atom. The summed E-state index contributed by atoms with van der Waals surface area (Å²) in [6.07, 6.45) is -4.61. The van der Waals surface area contributed by atoms with Crippen LogP contribution in [0.2, 0.25) is 0 Å². The van der Waals surface area contributed by atoms with Crippen molar-refractivity contribution in [1.29, 1.82) is 0 Å². The number of rotatable bonds is 6. The maximum Gasteiger partial charge on any atom is 0.573 e. The van der Waals surface area contributed by atoms with E-state index in [-0.39, 0.29) is 24.4 Å². The minimum atomic E-state index is -4.80. The van der Waals surface area contributed by atoms with Crippen molar-refractivity contribution < 1.29 is 36.3 Å². The largest absolute Gasteiger partial charge is 0.573 e. The van der Waals surface area contributed by atoms with Crippen LogP contribution in [0.5, 0.6) is 5.75 Å². The lowest BCUT2D eigenvalue weighted by Crippen LogP contribution is -2.41. The van der Waals surface area contributed by atoms with Gasteiger partial charge in [0.25, 0.3) is 0 Å². The molecule has 0 radical (unpaired) electrons. The molecule has 0 saturated carbocycles. The molecule has 1 saturated heterocycles. The maximum absolute atomic E-state index is 15.5. The fraction of sp³-hybridized carbons (Fsp3) is 0.619. The third-order valence-corrected chi connectivity index (χ3v) is 5.07. The minimum Gasteiger partial charge on any atom is -0.406 e. The molecule has 0 amide bonds. The zero-order valence-corrected chi connectivity index (χ0v) is 18.4. The van der Waals surface area contributed by atoms with Crippen molar-refractivity contribution in [3.05, 3.63) is 35.6 Å². The van der Waals surface area contributed by atoms with E-state index in [1.165, 1.54) is 12.1 Å². The first-order valence-electron chi connectivity index (χ1n) is 9.75. The zero-order chi connectivity index (χ0) is 23.0. The topological polar surface area (TPSA) is 36.9 Å². The number of alkyl halides is 3. The van der Waals surface area contributed by atoms with Crippen molar-refractivity contribution in [2.24, 2.45) is 0 Å². The molecule has 1 aromatic rings. The van der Waals surface area contributed by atoms with E-state index in [2.05, 4.69) is 4.74 Å². The molecule has 2 rings (SSSR count). The van der Waals surface area contributed by atoms with E-state index in [1.807, 2.05) is 48.5 Å². The monoisotopic (exact) mass is 432 g/mol. The molecule has 9 heteroatoms. The molecule has 1 aliphatic heterocycles. The van der Waals surface area contributed by atoms with Crippen molar-refractivity contribution in [2.75, 3.05) is 6.61 Å². The summed E-state index contributed by atoms with van der Waals surface area (Å²) in [5.41, 5.74) is -1.86. The summed E-state index contributed by atoms with van der Waals surface area (Å²) in [4.78, 5) is 0. The summed E-state index contributed by atoms with van der Waals surface area (Å²) in [6.45, 7) is 13.1. The Morgan fingerprint density at radius 1 is 0.967 bits per heavy atom. The van der Waals surface area contributed by atoms with Crippen LogP contribution in [0.1, 0.15) is 60.5 Å². The van der Waals surface area contributed by atoms with E-state index in [0.717, 1.165) is 12.1 Å². The van der Waals surface area contributed by atoms with Crippen LogP contribution in [-0.4, -0.2) is 36.9 Å². The van der Waals surface area contributed by atoms with E-state index in [1.54, 1.807) is 0 Å². The first kappa shape index (κ1) is 24.7. The summed E-state index contributed by atoms with van der Waals surface area (Å²) in [5.74, 6) is -0.382. The maximum atomic E-state index is 15.5. The van der Waals surface area contributed by atoms with Crippen molar-refractivity contribution in [1.82, 2.24) is 0 Å². The van der Waals surface area contributed by atoms with Gasteiger partial charge in [0.05, 0.1) is 23.4 Å². The van der Waals surface area contributed by atoms with Gasteiger partial charge in [0.2, 0.25) is 0 Å². The molecule has 0 N–H and O–H groups in total. The van der Waals surface area contributed by atoms with E-state index < -0.39 is 36.0 Å². The molecular weight excluding hydrogens is 403 g/mol. The molecule has 0 aliphatic carbocycles. The fourth-order valence-electron chi connectivity index (χ4n) is 2.81. The number of hydrogen-bond donors (Lipinski definition) is 0. The van der Waals surface area contributed by atoms with Crippen LogP contribution in [0, 0.1) is 0 Å². The van der Waals surface area contributed by atoms with E-state index in [0.29, 0.717) is 5.56 Å². The third kappa shape index (κ3) is 6.46. The molecule has 1 aliphatic rings. The van der Waals surface area contributed by atoms with Gasteiger partial charge in [-0.25, -0.2) is 4.39 Å². The second kappa shape index (κ2) is 8.51. The highest BCUT2D eigenvalue weighted by Gasteiger charge is 2.53. The highest BCUT2D eigenvalue weighted by molar-refractivity contribution is 6.55. The van der Waals surface area contributed by atoms with Crippen LogP contribution < -0.4 is 4.74 Å². The van der Waals surface area contributed by atoms with Crippen LogP contribution in [0.25, 0.3) is 5.57 Å². The minimum absolute atomic E-state index is 0.187. The molecule has 1 heterocycles. The lowest BCUT2D eigenvalue weighted by atomic mass is 9.82. The third-order valence-electron chi connectivity index (χ3n) is 5.07. The Hall–Kier alpha value is -1.58. The molecule has 0 unspecified atom stereocenters. The highest BCUT2D eigenvalue weighted by atomic mass is 19.4. The predicted octanol–water partition coefficient (Wildman–Crippen LogP) is 6.10. The molecule has 0 aromatic heterocycles. The number of ether oxygens (including phenoxy) is 2. The van der Waals surface area contributed by atoms with Gasteiger partial charge in [0.1, 0.15) is 11.5 Å². The standard InChI is InChI=1S/C21H29BF4O4/c1-18(2,3)27-13-12-16(14-8-10-15(11-9-14)28-21(24,25)26)17(23)22-29-19(4,5)20(6,7)30-22/h8-11H,12-13H2,1-7H3. The Bertz CT molecular complexity index is 749. The molecule has 30 heavy (non-hydrogen) atoms. The summed E-state index contributed by atoms with van der Waals surface area (Å²) in [5, 5.41) is 0. The molecule has 0 bridgehead atoms. The van der Waals surface area contributed by atoms with Crippen molar-refractivity contribution in [3.63, 3.8) is 0 Å². The van der Waals surface area contributed by atoms with Crippen LogP contribution in [-0.2, 0) is 14.0 Å². The summed E-state index contributed by atoms with van der Waals surface area (Å²) in [7, 11) is -1.22. The van der Waals surface area contributed by atoms with Crippen molar-refractivity contribution >= 4 is 12.7 Å². The lowest BCUT2D eigenvalue weighted by Gasteiger charge is -2.32.